The van der Waals surface area contributed by atoms with Crippen LogP contribution in [0.2, 0.25) is 0 Å². The Kier molecular flexibility index (Phi) is 7.18. The van der Waals surface area contributed by atoms with Gasteiger partial charge in [0, 0.05) is 19.2 Å². The zero-order valence-corrected chi connectivity index (χ0v) is 20.6. The highest BCUT2D eigenvalue weighted by molar-refractivity contribution is 7.89. The van der Waals surface area contributed by atoms with Crippen molar-refractivity contribution in [1.29, 1.82) is 0 Å². The largest absolute Gasteiger partial charge is 0.493 e. The van der Waals surface area contributed by atoms with Crippen LogP contribution >= 0.6 is 0 Å². The Morgan fingerprint density at radius 3 is 2.46 bits per heavy atom. The van der Waals surface area contributed by atoms with Crippen LogP contribution in [-0.4, -0.2) is 71.7 Å². The van der Waals surface area contributed by atoms with Crippen molar-refractivity contribution in [3.63, 3.8) is 0 Å². The fourth-order valence-corrected chi connectivity index (χ4v) is 5.95. The fourth-order valence-electron chi connectivity index (χ4n) is 4.41. The summed E-state index contributed by atoms with van der Waals surface area (Å²) < 4.78 is 49.1. The quantitative estimate of drug-likeness (QED) is 0.550. The van der Waals surface area contributed by atoms with Gasteiger partial charge >= 0.3 is 5.97 Å². The Bertz CT molecular complexity index is 1220. The normalized spacial score (nSPS) is 20.4. The van der Waals surface area contributed by atoms with E-state index in [9.17, 15) is 18.0 Å². The minimum absolute atomic E-state index is 0.0125. The second-order valence-corrected chi connectivity index (χ2v) is 10.2. The lowest BCUT2D eigenvalue weighted by Gasteiger charge is -2.38. The minimum Gasteiger partial charge on any atom is -0.493 e. The third kappa shape index (κ3) is 4.78. The summed E-state index contributed by atoms with van der Waals surface area (Å²) in [7, 11) is 0.293. The zero-order chi connectivity index (χ0) is 25.2. The maximum atomic E-state index is 13.6. The molecule has 0 N–H and O–H groups in total. The first-order valence-corrected chi connectivity index (χ1v) is 12.6. The lowest BCUT2D eigenvalue weighted by molar-refractivity contribution is -0.148. The highest BCUT2D eigenvalue weighted by Crippen LogP contribution is 2.36. The summed E-state index contributed by atoms with van der Waals surface area (Å²) in [6, 6.07) is 11.4. The number of fused-ring (bicyclic) bond motifs is 1. The smallest absolute Gasteiger partial charge is 0.348 e. The number of piperidine rings is 1. The van der Waals surface area contributed by atoms with E-state index in [1.165, 1.54) is 48.7 Å². The summed E-state index contributed by atoms with van der Waals surface area (Å²) in [5, 5.41) is 0. The molecule has 2 aromatic rings. The molecule has 0 bridgehead atoms. The van der Waals surface area contributed by atoms with E-state index in [0.717, 1.165) is 0 Å². The first-order chi connectivity index (χ1) is 16.8. The molecule has 0 aromatic heterocycles. The van der Waals surface area contributed by atoms with Crippen molar-refractivity contribution in [1.82, 2.24) is 4.31 Å². The van der Waals surface area contributed by atoms with E-state index < -0.39 is 28.0 Å². The third-order valence-corrected chi connectivity index (χ3v) is 8.09. The van der Waals surface area contributed by atoms with Crippen LogP contribution < -0.4 is 19.1 Å². The van der Waals surface area contributed by atoms with Crippen molar-refractivity contribution >= 4 is 27.6 Å². The molecule has 188 valence electrons. The number of rotatable bonds is 6. The lowest BCUT2D eigenvalue weighted by atomic mass is 9.97. The number of methoxy groups -OCH3 is 3. The van der Waals surface area contributed by atoms with Crippen molar-refractivity contribution in [2.75, 3.05) is 45.9 Å². The average Bonchev–Trinajstić information content (AvgIpc) is 2.91. The number of anilines is 1. The number of benzene rings is 2. The van der Waals surface area contributed by atoms with Crippen molar-refractivity contribution in [2.45, 2.75) is 23.8 Å². The van der Waals surface area contributed by atoms with Gasteiger partial charge in [-0.15, -0.1) is 0 Å². The van der Waals surface area contributed by atoms with E-state index in [4.69, 9.17) is 18.9 Å². The van der Waals surface area contributed by atoms with E-state index >= 15 is 0 Å². The van der Waals surface area contributed by atoms with Crippen molar-refractivity contribution in [3.05, 3.63) is 42.5 Å². The summed E-state index contributed by atoms with van der Waals surface area (Å²) in [4.78, 5) is 27.4. The van der Waals surface area contributed by atoms with E-state index in [2.05, 4.69) is 0 Å². The number of sulfonamides is 1. The van der Waals surface area contributed by atoms with Crippen LogP contribution in [0, 0.1) is 5.92 Å². The Morgan fingerprint density at radius 2 is 1.74 bits per heavy atom. The van der Waals surface area contributed by atoms with Gasteiger partial charge in [-0.2, -0.15) is 4.31 Å². The first-order valence-electron chi connectivity index (χ1n) is 11.2. The molecule has 0 aliphatic carbocycles. The molecule has 1 amide bonds. The summed E-state index contributed by atoms with van der Waals surface area (Å²) in [6.07, 6.45) is 0.0863. The predicted octanol–water partition coefficient (Wildman–Crippen LogP) is 2.07. The molecule has 2 heterocycles. The molecular weight excluding hydrogens is 476 g/mol. The number of ether oxygens (including phenoxy) is 4. The molecule has 1 saturated heterocycles. The number of para-hydroxylation sites is 2. The highest BCUT2D eigenvalue weighted by Gasteiger charge is 2.40. The van der Waals surface area contributed by atoms with Crippen LogP contribution in [0.15, 0.2) is 47.4 Å². The second-order valence-electron chi connectivity index (χ2n) is 8.27. The summed E-state index contributed by atoms with van der Waals surface area (Å²) >= 11 is 0. The first kappa shape index (κ1) is 24.8. The van der Waals surface area contributed by atoms with Crippen LogP contribution in [-0.2, 0) is 24.3 Å². The second kappa shape index (κ2) is 10.1. The van der Waals surface area contributed by atoms with Gasteiger partial charge in [0.15, 0.2) is 11.5 Å². The number of nitrogens with zero attached hydrogens (tertiary/aromatic N) is 2. The van der Waals surface area contributed by atoms with Crippen molar-refractivity contribution < 1.29 is 37.0 Å². The zero-order valence-electron chi connectivity index (χ0n) is 19.8. The molecule has 0 unspecified atom stereocenters. The number of amides is 1. The molecule has 10 nitrogen and oxygen atoms in total. The van der Waals surface area contributed by atoms with Crippen molar-refractivity contribution in [3.8, 4) is 17.2 Å². The summed E-state index contributed by atoms with van der Waals surface area (Å²) in [6.45, 7) is 0.310. The number of carbonyl (C=O) groups excluding carboxylic acids is 2. The molecule has 2 atom stereocenters. The molecule has 0 saturated carbocycles. The van der Waals surface area contributed by atoms with Crippen molar-refractivity contribution in [2.24, 2.45) is 5.92 Å². The number of hydrogen-bond acceptors (Lipinski definition) is 8. The van der Waals surface area contributed by atoms with Crippen LogP contribution in [0.4, 0.5) is 5.69 Å². The third-order valence-electron chi connectivity index (χ3n) is 6.23. The molecule has 0 radical (unpaired) electrons. The molecule has 4 rings (SSSR count). The topological polar surface area (TPSA) is 112 Å². The standard InChI is InChI=1S/C24H28N2O8S/c1-31-20-11-10-17(13-21(20)32-2)35(29,30)25-12-6-7-16(14-25)23(27)26-15-22(24(28)33-3)34-19-9-5-4-8-18(19)26/h4-5,8-11,13,16,22H,6-7,12,14-15H2,1-3H3/t16-,22+/m0/s1. The number of esters is 1. The number of carbonyl (C=O) groups is 2. The molecule has 0 spiro atoms. The molecule has 35 heavy (non-hydrogen) atoms. The lowest BCUT2D eigenvalue weighted by Crippen LogP contribution is -2.52. The van der Waals surface area contributed by atoms with Gasteiger partial charge in [0.2, 0.25) is 22.0 Å². The molecule has 2 aliphatic rings. The van der Waals surface area contributed by atoms with Gasteiger partial charge in [-0.25, -0.2) is 13.2 Å². The van der Waals surface area contributed by atoms with Crippen LogP contribution in [0.25, 0.3) is 0 Å². The van der Waals surface area contributed by atoms with Gasteiger partial charge in [0.05, 0.1) is 44.4 Å². The van der Waals surface area contributed by atoms with E-state index in [-0.39, 0.29) is 23.9 Å². The SMILES string of the molecule is COC(=O)[C@H]1CN(C(=O)[C@H]2CCCN(S(=O)(=O)c3ccc(OC)c(OC)c3)C2)c2ccccc2O1. The number of hydrogen-bond donors (Lipinski definition) is 0. The van der Waals surface area contributed by atoms with Crippen LogP contribution in [0.3, 0.4) is 0 Å². The van der Waals surface area contributed by atoms with E-state index in [0.29, 0.717) is 42.3 Å². The summed E-state index contributed by atoms with van der Waals surface area (Å²) in [5.41, 5.74) is 0.539. The van der Waals surface area contributed by atoms with Crippen LogP contribution in [0.1, 0.15) is 12.8 Å². The fraction of sp³-hybridized carbons (Fsp3) is 0.417. The van der Waals surface area contributed by atoms with E-state index in [1.54, 1.807) is 24.3 Å². The molecule has 11 heteroatoms. The minimum atomic E-state index is -3.88. The van der Waals surface area contributed by atoms with Gasteiger partial charge in [0.1, 0.15) is 5.75 Å². The Morgan fingerprint density at radius 1 is 1.00 bits per heavy atom. The maximum Gasteiger partial charge on any atom is 0.348 e. The highest BCUT2D eigenvalue weighted by atomic mass is 32.2. The Hall–Kier alpha value is -3.31. The molecule has 2 aliphatic heterocycles. The van der Waals surface area contributed by atoms with Gasteiger partial charge in [-0.1, -0.05) is 12.1 Å². The summed E-state index contributed by atoms with van der Waals surface area (Å²) in [5.74, 6) is -0.307. The van der Waals surface area contributed by atoms with Gasteiger partial charge in [-0.3, -0.25) is 4.79 Å². The van der Waals surface area contributed by atoms with Gasteiger partial charge in [-0.05, 0) is 37.1 Å². The maximum absolute atomic E-state index is 13.6. The molecule has 1 fully saturated rings. The monoisotopic (exact) mass is 504 g/mol. The molecular formula is C24H28N2O8S. The van der Waals surface area contributed by atoms with Crippen LogP contribution in [0.5, 0.6) is 17.2 Å². The van der Waals surface area contributed by atoms with Gasteiger partial charge < -0.3 is 23.8 Å². The predicted molar refractivity (Wildman–Crippen MR) is 126 cm³/mol. The van der Waals surface area contributed by atoms with Gasteiger partial charge in [0.25, 0.3) is 0 Å². The average molecular weight is 505 g/mol. The Balaban J connectivity index is 1.58. The molecule has 2 aromatic carbocycles. The van der Waals surface area contributed by atoms with E-state index in [1.807, 2.05) is 0 Å². The Labute approximate surface area is 204 Å².